The topological polar surface area (TPSA) is 55.6 Å². The van der Waals surface area contributed by atoms with Gasteiger partial charge in [0.1, 0.15) is 0 Å². The third-order valence-electron chi connectivity index (χ3n) is 3.23. The van der Waals surface area contributed by atoms with E-state index in [1.54, 1.807) is 6.07 Å². The molecular weight excluding hydrogens is 251 g/mol. The molecule has 0 amide bonds. The van der Waals surface area contributed by atoms with E-state index in [-0.39, 0.29) is 13.6 Å². The summed E-state index contributed by atoms with van der Waals surface area (Å²) in [6.45, 7) is 4.38. The van der Waals surface area contributed by atoms with E-state index in [4.69, 9.17) is 4.74 Å². The van der Waals surface area contributed by atoms with Crippen LogP contribution in [-0.2, 0) is 0 Å². The summed E-state index contributed by atoms with van der Waals surface area (Å²) in [5.41, 5.74) is 1.04. The van der Waals surface area contributed by atoms with Gasteiger partial charge in [-0.1, -0.05) is 0 Å². The van der Waals surface area contributed by atoms with Gasteiger partial charge >= 0.3 is 5.69 Å². The van der Waals surface area contributed by atoms with Gasteiger partial charge in [-0.05, 0) is 25.1 Å². The summed E-state index contributed by atoms with van der Waals surface area (Å²) in [5, 5.41) is 10.8. The smallest absolute Gasteiger partial charge is 0.311 e. The Bertz CT molecular complexity index is 445. The van der Waals surface area contributed by atoms with E-state index in [2.05, 4.69) is 11.6 Å². The zero-order valence-corrected chi connectivity index (χ0v) is 11.5. The van der Waals surface area contributed by atoms with Gasteiger partial charge in [-0.25, -0.2) is 0 Å². The number of nitro benzene ring substituents is 1. The maximum atomic E-state index is 10.8. The monoisotopic (exact) mass is 268 g/mol. The van der Waals surface area contributed by atoms with Crippen molar-refractivity contribution in [1.29, 1.82) is 0 Å². The number of anilines is 1. The van der Waals surface area contributed by atoms with E-state index in [9.17, 15) is 10.1 Å². The summed E-state index contributed by atoms with van der Waals surface area (Å²) in [6, 6.07) is 5.10. The number of methoxy groups -OCH3 is 1. The molecular formula is C12H17N2O3P. The van der Waals surface area contributed by atoms with Crippen LogP contribution in [0.5, 0.6) is 5.75 Å². The summed E-state index contributed by atoms with van der Waals surface area (Å²) >= 11 is 0. The number of benzene rings is 1. The predicted octanol–water partition coefficient (Wildman–Crippen LogP) is 2.54. The van der Waals surface area contributed by atoms with Crippen molar-refractivity contribution in [2.75, 3.05) is 44.1 Å². The predicted molar refractivity (Wildman–Crippen MR) is 74.4 cm³/mol. The molecule has 98 valence electrons. The highest BCUT2D eigenvalue weighted by atomic mass is 31.1. The fourth-order valence-electron chi connectivity index (χ4n) is 2.08. The second-order valence-electron chi connectivity index (χ2n) is 4.40. The Kier molecular flexibility index (Phi) is 4.02. The molecule has 0 bridgehead atoms. The lowest BCUT2D eigenvalue weighted by Crippen LogP contribution is -2.33. The molecule has 0 unspecified atom stereocenters. The van der Waals surface area contributed by atoms with Crippen LogP contribution in [0, 0.1) is 10.1 Å². The lowest BCUT2D eigenvalue weighted by Gasteiger charge is -2.32. The highest BCUT2D eigenvalue weighted by molar-refractivity contribution is 7.56. The highest BCUT2D eigenvalue weighted by Gasteiger charge is 2.20. The molecule has 1 aromatic carbocycles. The summed E-state index contributed by atoms with van der Waals surface area (Å²) < 4.78 is 5.09. The van der Waals surface area contributed by atoms with Crippen LogP contribution in [0.2, 0.25) is 0 Å². The quantitative estimate of drug-likeness (QED) is 0.480. The van der Waals surface area contributed by atoms with Gasteiger partial charge in [-0.15, -0.1) is 7.92 Å². The maximum Gasteiger partial charge on any atom is 0.311 e. The first kappa shape index (κ1) is 13.1. The van der Waals surface area contributed by atoms with Gasteiger partial charge in [-0.2, -0.15) is 0 Å². The highest BCUT2D eigenvalue weighted by Crippen LogP contribution is 2.37. The second-order valence-corrected chi connectivity index (χ2v) is 7.01. The molecule has 1 aliphatic heterocycles. The van der Waals surface area contributed by atoms with Crippen LogP contribution in [0.15, 0.2) is 18.2 Å². The molecule has 1 heterocycles. The van der Waals surface area contributed by atoms with Crippen molar-refractivity contribution in [3.63, 3.8) is 0 Å². The average Bonchev–Trinajstić information content (AvgIpc) is 2.38. The number of rotatable bonds is 3. The largest absolute Gasteiger partial charge is 0.490 e. The lowest BCUT2D eigenvalue weighted by atomic mass is 10.2. The molecule has 1 saturated heterocycles. The van der Waals surface area contributed by atoms with Crippen molar-refractivity contribution in [2.45, 2.75) is 0 Å². The van der Waals surface area contributed by atoms with Crippen LogP contribution < -0.4 is 9.64 Å². The van der Waals surface area contributed by atoms with Gasteiger partial charge in [0.05, 0.1) is 12.0 Å². The van der Waals surface area contributed by atoms with Gasteiger partial charge in [0.2, 0.25) is 0 Å². The number of nitro groups is 1. The van der Waals surface area contributed by atoms with Crippen LogP contribution in [-0.4, -0.2) is 44.1 Å². The molecule has 0 radical (unpaired) electrons. The summed E-state index contributed by atoms with van der Waals surface area (Å²) in [4.78, 5) is 12.7. The molecule has 0 aromatic heterocycles. The van der Waals surface area contributed by atoms with E-state index >= 15 is 0 Å². The Labute approximate surface area is 108 Å². The number of nitrogens with zero attached hydrogens (tertiary/aromatic N) is 2. The lowest BCUT2D eigenvalue weighted by molar-refractivity contribution is -0.385. The summed E-state index contributed by atoms with van der Waals surface area (Å²) in [5.74, 6) is 0.335. The third kappa shape index (κ3) is 2.72. The molecule has 1 aliphatic rings. The molecule has 1 aromatic rings. The van der Waals surface area contributed by atoms with Gasteiger partial charge in [0.15, 0.2) is 5.75 Å². The number of ether oxygens (including phenoxy) is 1. The Morgan fingerprint density at radius 3 is 2.61 bits per heavy atom. The second kappa shape index (κ2) is 5.53. The van der Waals surface area contributed by atoms with Crippen LogP contribution in [0.25, 0.3) is 0 Å². The molecule has 5 nitrogen and oxygen atoms in total. The fraction of sp³-hybridized carbons (Fsp3) is 0.500. The zero-order valence-electron chi connectivity index (χ0n) is 10.6. The van der Waals surface area contributed by atoms with Gasteiger partial charge in [0.25, 0.3) is 0 Å². The van der Waals surface area contributed by atoms with Gasteiger partial charge in [0, 0.05) is 30.9 Å². The van der Waals surface area contributed by atoms with Crippen molar-refractivity contribution in [1.82, 2.24) is 0 Å². The van der Waals surface area contributed by atoms with Crippen molar-refractivity contribution in [3.05, 3.63) is 28.3 Å². The fourth-order valence-corrected chi connectivity index (χ4v) is 3.47. The molecule has 0 spiro atoms. The Hall–Kier alpha value is -1.35. The van der Waals surface area contributed by atoms with Crippen LogP contribution in [0.3, 0.4) is 0 Å². The molecule has 2 rings (SSSR count). The van der Waals surface area contributed by atoms with Crippen molar-refractivity contribution in [2.24, 2.45) is 0 Å². The minimum atomic E-state index is -0.413. The molecule has 0 saturated carbocycles. The van der Waals surface area contributed by atoms with Gasteiger partial charge < -0.3 is 9.64 Å². The first-order valence-corrected chi connectivity index (χ1v) is 8.03. The third-order valence-corrected chi connectivity index (χ3v) is 5.16. The van der Waals surface area contributed by atoms with E-state index in [0.29, 0.717) is 5.75 Å². The van der Waals surface area contributed by atoms with Crippen LogP contribution >= 0.6 is 7.92 Å². The van der Waals surface area contributed by atoms with E-state index in [0.717, 1.165) is 18.8 Å². The van der Waals surface area contributed by atoms with Gasteiger partial charge in [-0.3, -0.25) is 10.1 Å². The standard InChI is InChI=1S/C12H17N2O3P/c1-17-12-9-10(3-4-11(12)14(15)16)13-5-7-18(2)8-6-13/h3-4,9H,5-8H2,1-2H3. The summed E-state index contributed by atoms with van der Waals surface area (Å²) in [6.07, 6.45) is 2.46. The Morgan fingerprint density at radius 2 is 2.06 bits per heavy atom. The van der Waals surface area contributed by atoms with Crippen molar-refractivity contribution >= 4 is 19.3 Å². The average molecular weight is 268 g/mol. The number of hydrogen-bond donors (Lipinski definition) is 0. The van der Waals surface area contributed by atoms with Crippen molar-refractivity contribution < 1.29 is 9.66 Å². The van der Waals surface area contributed by atoms with E-state index in [1.165, 1.54) is 25.5 Å². The van der Waals surface area contributed by atoms with Crippen molar-refractivity contribution in [3.8, 4) is 5.75 Å². The molecule has 6 heteroatoms. The molecule has 1 fully saturated rings. The first-order chi connectivity index (χ1) is 8.61. The molecule has 18 heavy (non-hydrogen) atoms. The normalized spacial score (nSPS) is 16.7. The molecule has 0 aliphatic carbocycles. The van der Waals surface area contributed by atoms with Crippen LogP contribution in [0.4, 0.5) is 11.4 Å². The first-order valence-electron chi connectivity index (χ1n) is 5.87. The Morgan fingerprint density at radius 1 is 1.39 bits per heavy atom. The zero-order chi connectivity index (χ0) is 13.1. The summed E-state index contributed by atoms with van der Waals surface area (Å²) in [7, 11) is 1.65. The van der Waals surface area contributed by atoms with E-state index < -0.39 is 4.92 Å². The Balaban J connectivity index is 2.22. The molecule has 0 N–H and O–H groups in total. The maximum absolute atomic E-state index is 10.8. The number of hydrogen-bond acceptors (Lipinski definition) is 4. The van der Waals surface area contributed by atoms with Crippen LogP contribution in [0.1, 0.15) is 0 Å². The van der Waals surface area contributed by atoms with E-state index in [1.807, 2.05) is 6.07 Å². The molecule has 0 atom stereocenters. The minimum absolute atomic E-state index is 0.0241. The SMILES string of the molecule is COc1cc(N2CCP(C)CC2)ccc1[N+](=O)[O-]. The minimum Gasteiger partial charge on any atom is -0.490 e.